The molecule has 1 aliphatic heterocycles. The van der Waals surface area contributed by atoms with Crippen LogP contribution < -0.4 is 11.1 Å². The van der Waals surface area contributed by atoms with Crippen LogP contribution in [0.1, 0.15) is 12.8 Å². The third-order valence-electron chi connectivity index (χ3n) is 1.87. The Hall–Kier alpha value is -1.17. The van der Waals surface area contributed by atoms with Crippen molar-refractivity contribution in [3.05, 3.63) is 0 Å². The van der Waals surface area contributed by atoms with Crippen molar-refractivity contribution in [2.45, 2.75) is 18.9 Å². The maximum Gasteiger partial charge on any atom is 0.261 e. The number of nitrogens with zero attached hydrogens (tertiary/aromatic N) is 1. The Morgan fingerprint density at radius 3 is 2.56 bits per heavy atom. The van der Waals surface area contributed by atoms with Crippen LogP contribution in [0.25, 0.3) is 0 Å². The Morgan fingerprint density at radius 2 is 2.25 bits per heavy atom. The van der Waals surface area contributed by atoms with E-state index in [4.69, 9.17) is 15.5 Å². The Morgan fingerprint density at radius 1 is 1.75 bits per heavy atom. The summed E-state index contributed by atoms with van der Waals surface area (Å²) >= 11 is 0. The van der Waals surface area contributed by atoms with E-state index in [2.05, 4.69) is 5.32 Å². The first-order valence-electron chi connectivity index (χ1n) is 4.59. The van der Waals surface area contributed by atoms with Crippen molar-refractivity contribution in [2.24, 2.45) is 11.7 Å². The van der Waals surface area contributed by atoms with Crippen LogP contribution in [0.15, 0.2) is 0 Å². The number of hydrogen-bond acceptors (Lipinski definition) is 5. The van der Waals surface area contributed by atoms with Crippen LogP contribution in [-0.2, 0) is 14.9 Å². The highest BCUT2D eigenvalue weighted by atomic mass is 32.2. The molecule has 8 heteroatoms. The van der Waals surface area contributed by atoms with Gasteiger partial charge in [-0.2, -0.15) is 13.7 Å². The lowest BCUT2D eigenvalue weighted by Crippen LogP contribution is -2.26. The summed E-state index contributed by atoms with van der Waals surface area (Å²) in [6.07, 6.45) is 2.02. The second kappa shape index (κ2) is 6.42. The molecule has 7 nitrogen and oxygen atoms in total. The molecule has 1 saturated heterocycles. The molecule has 2 atom stereocenters. The van der Waals surface area contributed by atoms with Gasteiger partial charge in [-0.25, -0.2) is 0 Å². The highest BCUT2D eigenvalue weighted by molar-refractivity contribution is 7.85. The zero-order valence-corrected chi connectivity index (χ0v) is 9.70. The molecule has 0 aromatic carbocycles. The number of carbonyl (C=O) groups excluding carboxylic acids is 1. The van der Waals surface area contributed by atoms with Gasteiger partial charge in [-0.3, -0.25) is 9.35 Å². The molecular formula is C8H15N3O4S. The van der Waals surface area contributed by atoms with Crippen molar-refractivity contribution < 1.29 is 17.8 Å². The molecule has 1 rings (SSSR count). The number of nitrogens with two attached hydrogens (primary N) is 1. The fourth-order valence-electron chi connectivity index (χ4n) is 1.23. The molecule has 0 unspecified atom stereocenters. The molecule has 0 aromatic heterocycles. The smallest absolute Gasteiger partial charge is 0.261 e. The predicted octanol–water partition coefficient (Wildman–Crippen LogP) is -1.13. The van der Waals surface area contributed by atoms with Gasteiger partial charge >= 0.3 is 0 Å². The van der Waals surface area contributed by atoms with E-state index in [0.29, 0.717) is 12.7 Å². The van der Waals surface area contributed by atoms with E-state index >= 15 is 0 Å². The standard InChI is InChI=1S/C7H11N3O.CH4O3S/c8-4-6(9)3-5-1-2-10-7(5)11;1-5(2,3)4/h5-6H,1-3,9H2,(H,10,11);1H3,(H,2,3,4)/t5-,6-;/m0./s1. The lowest BCUT2D eigenvalue weighted by atomic mass is 10.00. The first kappa shape index (κ1) is 14.8. The highest BCUT2D eigenvalue weighted by Crippen LogP contribution is 2.14. The molecule has 0 radical (unpaired) electrons. The van der Waals surface area contributed by atoms with Gasteiger partial charge in [0, 0.05) is 12.5 Å². The fourth-order valence-corrected chi connectivity index (χ4v) is 1.23. The number of amides is 1. The molecule has 16 heavy (non-hydrogen) atoms. The molecule has 1 heterocycles. The van der Waals surface area contributed by atoms with E-state index in [1.807, 2.05) is 6.07 Å². The van der Waals surface area contributed by atoms with Crippen LogP contribution in [0, 0.1) is 17.2 Å². The lowest BCUT2D eigenvalue weighted by molar-refractivity contribution is -0.122. The van der Waals surface area contributed by atoms with E-state index in [-0.39, 0.29) is 11.8 Å². The summed E-state index contributed by atoms with van der Waals surface area (Å²) in [5.74, 6) is 0.000324. The van der Waals surface area contributed by atoms with Crippen LogP contribution in [0.4, 0.5) is 0 Å². The second-order valence-corrected chi connectivity index (χ2v) is 4.95. The number of rotatable bonds is 2. The number of carbonyl (C=O) groups is 1. The Kier molecular flexibility index (Phi) is 5.95. The Balaban J connectivity index is 0.000000385. The maximum absolute atomic E-state index is 10.9. The fraction of sp³-hybridized carbons (Fsp3) is 0.750. The van der Waals surface area contributed by atoms with E-state index in [1.54, 1.807) is 0 Å². The average Bonchev–Trinajstić information content (AvgIpc) is 2.49. The van der Waals surface area contributed by atoms with Crippen molar-refractivity contribution in [2.75, 3.05) is 12.8 Å². The SMILES string of the molecule is CS(=O)(=O)O.N#C[C@@H](N)C[C@@H]1CCNC1=O. The minimum Gasteiger partial charge on any atom is -0.356 e. The van der Waals surface area contributed by atoms with Crippen molar-refractivity contribution in [1.29, 1.82) is 5.26 Å². The molecule has 92 valence electrons. The third-order valence-corrected chi connectivity index (χ3v) is 1.87. The van der Waals surface area contributed by atoms with Gasteiger partial charge in [-0.05, 0) is 12.8 Å². The molecule has 0 bridgehead atoms. The summed E-state index contributed by atoms with van der Waals surface area (Å²) in [4.78, 5) is 10.9. The lowest BCUT2D eigenvalue weighted by Gasteiger charge is -2.06. The van der Waals surface area contributed by atoms with Gasteiger partial charge in [0.25, 0.3) is 10.1 Å². The van der Waals surface area contributed by atoms with Gasteiger partial charge in [-0.1, -0.05) is 0 Å². The summed E-state index contributed by atoms with van der Waals surface area (Å²) in [6, 6.07) is 1.41. The van der Waals surface area contributed by atoms with Gasteiger partial charge in [0.1, 0.15) is 0 Å². The molecule has 4 N–H and O–H groups in total. The van der Waals surface area contributed by atoms with E-state index < -0.39 is 16.2 Å². The highest BCUT2D eigenvalue weighted by Gasteiger charge is 2.25. The monoisotopic (exact) mass is 249 g/mol. The maximum atomic E-state index is 10.9. The third kappa shape index (κ3) is 8.16. The number of nitrogens with one attached hydrogen (secondary N) is 1. The van der Waals surface area contributed by atoms with Crippen molar-refractivity contribution in [3.8, 4) is 6.07 Å². The van der Waals surface area contributed by atoms with E-state index in [9.17, 15) is 13.2 Å². The minimum atomic E-state index is -3.67. The molecule has 0 spiro atoms. The largest absolute Gasteiger partial charge is 0.356 e. The summed E-state index contributed by atoms with van der Waals surface area (Å²) in [6.45, 7) is 0.724. The summed E-state index contributed by atoms with van der Waals surface area (Å²) in [7, 11) is -3.67. The Bertz CT molecular complexity index is 365. The van der Waals surface area contributed by atoms with Crippen LogP contribution >= 0.6 is 0 Å². The van der Waals surface area contributed by atoms with Crippen molar-refractivity contribution in [3.63, 3.8) is 0 Å². The number of hydrogen-bond donors (Lipinski definition) is 3. The topological polar surface area (TPSA) is 133 Å². The van der Waals surface area contributed by atoms with Crippen LogP contribution in [0.3, 0.4) is 0 Å². The van der Waals surface area contributed by atoms with E-state index in [0.717, 1.165) is 13.0 Å². The number of nitriles is 1. The Labute approximate surface area is 94.4 Å². The van der Waals surface area contributed by atoms with Gasteiger partial charge < -0.3 is 11.1 Å². The van der Waals surface area contributed by atoms with Crippen LogP contribution in [0.5, 0.6) is 0 Å². The van der Waals surface area contributed by atoms with Gasteiger partial charge in [0.15, 0.2) is 0 Å². The van der Waals surface area contributed by atoms with Crippen molar-refractivity contribution >= 4 is 16.0 Å². The second-order valence-electron chi connectivity index (χ2n) is 3.48. The quantitative estimate of drug-likeness (QED) is 0.530. The molecule has 0 aliphatic carbocycles. The first-order valence-corrected chi connectivity index (χ1v) is 6.44. The summed E-state index contributed by atoms with van der Waals surface area (Å²) in [5.41, 5.74) is 5.37. The zero-order valence-electron chi connectivity index (χ0n) is 8.88. The summed E-state index contributed by atoms with van der Waals surface area (Å²) < 4.78 is 25.9. The van der Waals surface area contributed by atoms with Gasteiger partial charge in [0.2, 0.25) is 5.91 Å². The van der Waals surface area contributed by atoms with Crippen LogP contribution in [-0.4, -0.2) is 37.7 Å². The van der Waals surface area contributed by atoms with E-state index in [1.165, 1.54) is 0 Å². The van der Waals surface area contributed by atoms with Gasteiger partial charge in [0.05, 0.1) is 18.4 Å². The van der Waals surface area contributed by atoms with Gasteiger partial charge in [-0.15, -0.1) is 0 Å². The predicted molar refractivity (Wildman–Crippen MR) is 56.8 cm³/mol. The molecule has 1 amide bonds. The molecule has 0 aromatic rings. The molecule has 0 saturated carbocycles. The van der Waals surface area contributed by atoms with Crippen LogP contribution in [0.2, 0.25) is 0 Å². The summed E-state index contributed by atoms with van der Waals surface area (Å²) in [5, 5.41) is 11.1. The average molecular weight is 249 g/mol. The normalized spacial score (nSPS) is 21.4. The zero-order chi connectivity index (χ0) is 12.8. The first-order chi connectivity index (χ1) is 7.24. The minimum absolute atomic E-state index is 0.0374. The molecule has 1 aliphatic rings. The van der Waals surface area contributed by atoms with Crippen molar-refractivity contribution in [1.82, 2.24) is 5.32 Å². The molecular weight excluding hydrogens is 234 g/mol. The molecule has 1 fully saturated rings.